The van der Waals surface area contributed by atoms with E-state index < -0.39 is 41.1 Å². The molecule has 0 saturated heterocycles. The Balaban J connectivity index is 1.61. The van der Waals surface area contributed by atoms with Crippen LogP contribution < -0.4 is 15.0 Å². The number of carbonyl (C=O) groups is 1. The number of carbonyl (C=O) groups excluding carboxylic acids is 1. The Labute approximate surface area is 207 Å². The van der Waals surface area contributed by atoms with Gasteiger partial charge in [0.05, 0.1) is 12.8 Å². The van der Waals surface area contributed by atoms with Crippen LogP contribution in [-0.4, -0.2) is 33.1 Å². The number of fused-ring (bicyclic) bond motifs is 1. The molecule has 0 aliphatic heterocycles. The van der Waals surface area contributed by atoms with E-state index in [0.717, 1.165) is 28.6 Å². The molecule has 12 heteroatoms. The van der Waals surface area contributed by atoms with Crippen LogP contribution in [0.1, 0.15) is 23.7 Å². The highest BCUT2D eigenvalue weighted by Gasteiger charge is 2.35. The van der Waals surface area contributed by atoms with E-state index in [-0.39, 0.29) is 18.0 Å². The molecule has 2 aromatic carbocycles. The standard InChI is InChI=1S/C25H21F4N3O5/c1-14-4-5-16(20(10-14)37-15(2)23(34)35-3)13-36-17-6-7-19(18(26)11-17)32-22(33)12-21(25(27,28)29)31-9-8-30-24(31)32/h4-12,15H,13H2,1-3H3. The van der Waals surface area contributed by atoms with Crippen LogP contribution in [0.4, 0.5) is 17.6 Å². The number of esters is 1. The Morgan fingerprint density at radius 1 is 1.14 bits per heavy atom. The Hall–Kier alpha value is -4.35. The van der Waals surface area contributed by atoms with Gasteiger partial charge in [-0.05, 0) is 37.6 Å². The molecular formula is C25H21F4N3O5. The molecule has 194 valence electrons. The number of alkyl halides is 3. The molecule has 2 heterocycles. The lowest BCUT2D eigenvalue weighted by Crippen LogP contribution is -2.26. The Morgan fingerprint density at radius 3 is 2.57 bits per heavy atom. The van der Waals surface area contributed by atoms with Crippen molar-refractivity contribution in [2.75, 3.05) is 7.11 Å². The first kappa shape index (κ1) is 25.7. The maximum absolute atomic E-state index is 15.1. The van der Waals surface area contributed by atoms with Crippen LogP contribution in [0.5, 0.6) is 11.5 Å². The molecule has 0 saturated carbocycles. The number of ether oxygens (including phenoxy) is 3. The average molecular weight is 519 g/mol. The lowest BCUT2D eigenvalue weighted by atomic mass is 10.1. The molecule has 0 amide bonds. The van der Waals surface area contributed by atoms with Crippen molar-refractivity contribution in [1.82, 2.24) is 14.0 Å². The van der Waals surface area contributed by atoms with Gasteiger partial charge in [0.25, 0.3) is 5.56 Å². The maximum Gasteiger partial charge on any atom is 0.432 e. The molecular weight excluding hydrogens is 498 g/mol. The summed E-state index contributed by atoms with van der Waals surface area (Å²) < 4.78 is 72.5. The predicted molar refractivity (Wildman–Crippen MR) is 123 cm³/mol. The minimum Gasteiger partial charge on any atom is -0.489 e. The molecule has 0 fully saturated rings. The maximum atomic E-state index is 15.1. The van der Waals surface area contributed by atoms with E-state index in [0.29, 0.717) is 21.8 Å². The summed E-state index contributed by atoms with van der Waals surface area (Å²) in [5.41, 5.74) is -1.17. The third-order valence-electron chi connectivity index (χ3n) is 5.47. The van der Waals surface area contributed by atoms with Crippen LogP contribution in [0.15, 0.2) is 59.7 Å². The van der Waals surface area contributed by atoms with E-state index >= 15 is 4.39 Å². The van der Waals surface area contributed by atoms with Crippen LogP contribution in [0.25, 0.3) is 11.5 Å². The molecule has 4 aromatic rings. The zero-order valence-electron chi connectivity index (χ0n) is 19.9. The summed E-state index contributed by atoms with van der Waals surface area (Å²) in [5.74, 6) is -1.39. The molecule has 0 aliphatic carbocycles. The normalized spacial score (nSPS) is 12.4. The fourth-order valence-corrected chi connectivity index (χ4v) is 3.66. The van der Waals surface area contributed by atoms with E-state index in [9.17, 15) is 22.8 Å². The number of hydrogen-bond acceptors (Lipinski definition) is 6. The first-order valence-corrected chi connectivity index (χ1v) is 10.9. The summed E-state index contributed by atoms with van der Waals surface area (Å²) >= 11 is 0. The third-order valence-corrected chi connectivity index (χ3v) is 5.47. The highest BCUT2D eigenvalue weighted by molar-refractivity contribution is 5.74. The van der Waals surface area contributed by atoms with E-state index in [1.165, 1.54) is 26.2 Å². The second kappa shape index (κ2) is 9.96. The summed E-state index contributed by atoms with van der Waals surface area (Å²) in [5, 5.41) is 0. The van der Waals surface area contributed by atoms with Crippen molar-refractivity contribution in [2.24, 2.45) is 0 Å². The van der Waals surface area contributed by atoms with Crippen LogP contribution in [0, 0.1) is 12.7 Å². The van der Waals surface area contributed by atoms with Crippen molar-refractivity contribution in [1.29, 1.82) is 0 Å². The van der Waals surface area contributed by atoms with Crippen molar-refractivity contribution in [3.8, 4) is 17.2 Å². The van der Waals surface area contributed by atoms with Crippen molar-refractivity contribution in [3.05, 3.63) is 87.9 Å². The summed E-state index contributed by atoms with van der Waals surface area (Å²) in [4.78, 5) is 28.1. The molecule has 0 bridgehead atoms. The molecule has 0 aliphatic rings. The monoisotopic (exact) mass is 519 g/mol. The topological polar surface area (TPSA) is 84.1 Å². The highest BCUT2D eigenvalue weighted by atomic mass is 19.4. The Bertz CT molecular complexity index is 1530. The van der Waals surface area contributed by atoms with Gasteiger partial charge in [0.2, 0.25) is 5.78 Å². The number of methoxy groups -OCH3 is 1. The Kier molecular flexibility index (Phi) is 6.92. The van der Waals surface area contributed by atoms with Gasteiger partial charge in [0, 0.05) is 30.1 Å². The van der Waals surface area contributed by atoms with E-state index in [1.807, 2.05) is 13.0 Å². The van der Waals surface area contributed by atoms with Crippen LogP contribution >= 0.6 is 0 Å². The summed E-state index contributed by atoms with van der Waals surface area (Å²) in [7, 11) is 1.25. The third kappa shape index (κ3) is 5.27. The molecule has 37 heavy (non-hydrogen) atoms. The van der Waals surface area contributed by atoms with Gasteiger partial charge < -0.3 is 14.2 Å². The summed E-state index contributed by atoms with van der Waals surface area (Å²) in [6.07, 6.45) is -3.56. The van der Waals surface area contributed by atoms with Crippen molar-refractivity contribution < 1.29 is 36.6 Å². The van der Waals surface area contributed by atoms with Gasteiger partial charge in [0.1, 0.15) is 23.8 Å². The van der Waals surface area contributed by atoms with Crippen LogP contribution in [0.2, 0.25) is 0 Å². The number of aromatic nitrogens is 3. The van der Waals surface area contributed by atoms with Gasteiger partial charge in [0.15, 0.2) is 11.9 Å². The van der Waals surface area contributed by atoms with E-state index in [4.69, 9.17) is 9.47 Å². The highest BCUT2D eigenvalue weighted by Crippen LogP contribution is 2.30. The van der Waals surface area contributed by atoms with Crippen LogP contribution in [-0.2, 0) is 22.3 Å². The number of rotatable bonds is 7. The average Bonchev–Trinajstić information content (AvgIpc) is 3.32. The van der Waals surface area contributed by atoms with Crippen molar-refractivity contribution >= 4 is 11.7 Å². The number of imidazole rings is 1. The number of hydrogen-bond donors (Lipinski definition) is 0. The molecule has 1 atom stereocenters. The second-order valence-electron chi connectivity index (χ2n) is 8.09. The fraction of sp³-hybridized carbons (Fsp3) is 0.240. The molecule has 1 unspecified atom stereocenters. The second-order valence-corrected chi connectivity index (χ2v) is 8.09. The van der Waals surface area contributed by atoms with Crippen LogP contribution in [0.3, 0.4) is 0 Å². The van der Waals surface area contributed by atoms with Crippen molar-refractivity contribution in [3.63, 3.8) is 0 Å². The lowest BCUT2D eigenvalue weighted by Gasteiger charge is -2.17. The SMILES string of the molecule is COC(=O)C(C)Oc1cc(C)ccc1COc1ccc(-n2c(=O)cc(C(F)(F)F)n3ccnc23)c(F)c1. The van der Waals surface area contributed by atoms with Crippen molar-refractivity contribution in [2.45, 2.75) is 32.7 Å². The quantitative estimate of drug-likeness (QED) is 0.265. The number of aryl methyl sites for hydroxylation is 1. The largest absolute Gasteiger partial charge is 0.489 e. The molecule has 8 nitrogen and oxygen atoms in total. The number of benzene rings is 2. The Morgan fingerprint density at radius 2 is 1.89 bits per heavy atom. The fourth-order valence-electron chi connectivity index (χ4n) is 3.66. The minimum absolute atomic E-state index is 0.0486. The minimum atomic E-state index is -4.80. The van der Waals surface area contributed by atoms with Gasteiger partial charge in [-0.25, -0.2) is 18.7 Å². The smallest absolute Gasteiger partial charge is 0.432 e. The van der Waals surface area contributed by atoms with Gasteiger partial charge in [-0.15, -0.1) is 0 Å². The first-order chi connectivity index (χ1) is 17.5. The van der Waals surface area contributed by atoms with Gasteiger partial charge in [-0.1, -0.05) is 12.1 Å². The first-order valence-electron chi connectivity index (χ1n) is 10.9. The molecule has 0 spiro atoms. The summed E-state index contributed by atoms with van der Waals surface area (Å²) in [6.45, 7) is 3.33. The molecule has 4 rings (SSSR count). The molecule has 2 aromatic heterocycles. The van der Waals surface area contributed by atoms with E-state index in [1.54, 1.807) is 12.1 Å². The zero-order valence-corrected chi connectivity index (χ0v) is 19.9. The predicted octanol–water partition coefficient (Wildman–Crippen LogP) is 4.47. The molecule has 0 radical (unpaired) electrons. The number of halogens is 4. The van der Waals surface area contributed by atoms with Gasteiger partial charge in [-0.3, -0.25) is 9.20 Å². The molecule has 0 N–H and O–H groups in total. The van der Waals surface area contributed by atoms with Gasteiger partial charge in [-0.2, -0.15) is 13.2 Å². The van der Waals surface area contributed by atoms with Gasteiger partial charge >= 0.3 is 12.1 Å². The number of nitrogens with zero attached hydrogens (tertiary/aromatic N) is 3. The van der Waals surface area contributed by atoms with E-state index in [2.05, 4.69) is 9.72 Å². The zero-order chi connectivity index (χ0) is 26.9. The summed E-state index contributed by atoms with van der Waals surface area (Å²) in [6, 6.07) is 9.22. The lowest BCUT2D eigenvalue weighted by molar-refractivity contribution is -0.148.